The lowest BCUT2D eigenvalue weighted by Gasteiger charge is -2.42. The van der Waals surface area contributed by atoms with Gasteiger partial charge in [-0.15, -0.1) is 11.3 Å². The van der Waals surface area contributed by atoms with Gasteiger partial charge >= 0.3 is 5.97 Å². The summed E-state index contributed by atoms with van der Waals surface area (Å²) >= 11 is 1.74. The molecule has 0 spiro atoms. The highest BCUT2D eigenvalue weighted by molar-refractivity contribution is 7.10. The van der Waals surface area contributed by atoms with Crippen LogP contribution in [0.5, 0.6) is 0 Å². The zero-order valence-corrected chi connectivity index (χ0v) is 16.5. The number of amides is 2. The second-order valence-electron chi connectivity index (χ2n) is 7.28. The van der Waals surface area contributed by atoms with Crippen LogP contribution < -0.4 is 5.32 Å². The molecular weight excluding hydrogens is 366 g/mol. The lowest BCUT2D eigenvalue weighted by Crippen LogP contribution is -2.54. The molecule has 0 atom stereocenters. The summed E-state index contributed by atoms with van der Waals surface area (Å²) in [7, 11) is 0. The summed E-state index contributed by atoms with van der Waals surface area (Å²) in [6.45, 7) is 4.06. The molecule has 0 aromatic carbocycles. The van der Waals surface area contributed by atoms with Crippen LogP contribution >= 0.6 is 11.3 Å². The van der Waals surface area contributed by atoms with E-state index in [1.54, 1.807) is 11.3 Å². The molecule has 0 bridgehead atoms. The Morgan fingerprint density at radius 2 is 2.11 bits per heavy atom. The van der Waals surface area contributed by atoms with Crippen molar-refractivity contribution in [1.29, 1.82) is 0 Å². The SMILES string of the molecule is CCN(CC(=O)O)C1CC(NC(=O)CCC(=O)N2CCc3sccc3C2)C1. The van der Waals surface area contributed by atoms with Gasteiger partial charge in [-0.3, -0.25) is 19.3 Å². The molecule has 148 valence electrons. The summed E-state index contributed by atoms with van der Waals surface area (Å²) in [5.41, 5.74) is 1.23. The number of carbonyl (C=O) groups is 3. The Bertz CT molecular complexity index is 699. The number of thiophene rings is 1. The molecule has 7 nitrogen and oxygen atoms in total. The van der Waals surface area contributed by atoms with E-state index in [-0.39, 0.29) is 43.3 Å². The minimum Gasteiger partial charge on any atom is -0.480 e. The first-order valence-corrected chi connectivity index (χ1v) is 10.4. The number of fused-ring (bicyclic) bond motifs is 1. The fourth-order valence-corrected chi connectivity index (χ4v) is 4.71. The molecule has 2 amide bonds. The van der Waals surface area contributed by atoms with Gasteiger partial charge in [0.05, 0.1) is 6.54 Å². The normalized spacial score (nSPS) is 21.5. The molecule has 3 rings (SSSR count). The van der Waals surface area contributed by atoms with Crippen LogP contribution in [0.4, 0.5) is 0 Å². The quantitative estimate of drug-likeness (QED) is 0.698. The molecule has 1 fully saturated rings. The maximum Gasteiger partial charge on any atom is 0.317 e. The average Bonchev–Trinajstić information content (AvgIpc) is 3.08. The van der Waals surface area contributed by atoms with E-state index in [1.165, 1.54) is 10.4 Å². The number of carboxylic acid groups (broad SMARTS) is 1. The van der Waals surface area contributed by atoms with E-state index in [2.05, 4.69) is 16.8 Å². The molecule has 2 aliphatic rings. The Morgan fingerprint density at radius 3 is 2.81 bits per heavy atom. The van der Waals surface area contributed by atoms with Crippen molar-refractivity contribution >= 4 is 29.1 Å². The van der Waals surface area contributed by atoms with E-state index in [4.69, 9.17) is 5.11 Å². The summed E-state index contributed by atoms with van der Waals surface area (Å²) in [5, 5.41) is 13.9. The van der Waals surface area contributed by atoms with Crippen molar-refractivity contribution in [1.82, 2.24) is 15.1 Å². The summed E-state index contributed by atoms with van der Waals surface area (Å²) in [6.07, 6.45) is 2.89. The molecule has 0 unspecified atom stereocenters. The van der Waals surface area contributed by atoms with Crippen molar-refractivity contribution in [3.05, 3.63) is 21.9 Å². The largest absolute Gasteiger partial charge is 0.480 e. The molecule has 1 saturated carbocycles. The van der Waals surface area contributed by atoms with Crippen molar-refractivity contribution < 1.29 is 19.5 Å². The first-order valence-electron chi connectivity index (χ1n) is 9.54. The predicted octanol–water partition coefficient (Wildman–Crippen LogP) is 1.47. The number of nitrogens with one attached hydrogen (secondary N) is 1. The van der Waals surface area contributed by atoms with Gasteiger partial charge in [0.1, 0.15) is 0 Å². The van der Waals surface area contributed by atoms with E-state index in [0.717, 1.165) is 25.8 Å². The topological polar surface area (TPSA) is 90.0 Å². The highest BCUT2D eigenvalue weighted by Crippen LogP contribution is 2.26. The van der Waals surface area contributed by atoms with Gasteiger partial charge in [0.15, 0.2) is 0 Å². The van der Waals surface area contributed by atoms with Gasteiger partial charge in [-0.05, 0) is 42.8 Å². The van der Waals surface area contributed by atoms with Crippen LogP contribution in [0.2, 0.25) is 0 Å². The third-order valence-electron chi connectivity index (χ3n) is 5.47. The van der Waals surface area contributed by atoms with Crippen molar-refractivity contribution in [2.45, 2.75) is 57.7 Å². The smallest absolute Gasteiger partial charge is 0.317 e. The molecule has 1 aliphatic carbocycles. The molecule has 2 N–H and O–H groups in total. The van der Waals surface area contributed by atoms with E-state index in [0.29, 0.717) is 13.1 Å². The van der Waals surface area contributed by atoms with Crippen LogP contribution in [0.3, 0.4) is 0 Å². The van der Waals surface area contributed by atoms with Gasteiger partial charge in [-0.2, -0.15) is 0 Å². The zero-order valence-electron chi connectivity index (χ0n) is 15.6. The highest BCUT2D eigenvalue weighted by Gasteiger charge is 2.34. The molecule has 1 aliphatic heterocycles. The number of likely N-dealkylation sites (N-methyl/N-ethyl adjacent to an activating group) is 1. The summed E-state index contributed by atoms with van der Waals surface area (Å²) in [4.78, 5) is 40.5. The Kier molecular flexibility index (Phi) is 6.49. The van der Waals surface area contributed by atoms with Crippen LogP contribution in [0.1, 0.15) is 43.0 Å². The van der Waals surface area contributed by atoms with Gasteiger partial charge in [-0.25, -0.2) is 0 Å². The van der Waals surface area contributed by atoms with Crippen LogP contribution in [-0.2, 0) is 27.3 Å². The lowest BCUT2D eigenvalue weighted by molar-refractivity contribution is -0.139. The fraction of sp³-hybridized carbons (Fsp3) is 0.632. The maximum absolute atomic E-state index is 12.4. The Balaban J connectivity index is 1.35. The van der Waals surface area contributed by atoms with Crippen LogP contribution in [0.15, 0.2) is 11.4 Å². The summed E-state index contributed by atoms with van der Waals surface area (Å²) < 4.78 is 0. The summed E-state index contributed by atoms with van der Waals surface area (Å²) in [6, 6.07) is 2.37. The molecule has 1 aromatic heterocycles. The molecule has 27 heavy (non-hydrogen) atoms. The Morgan fingerprint density at radius 1 is 1.33 bits per heavy atom. The number of carboxylic acids is 1. The Hall–Kier alpha value is -1.93. The van der Waals surface area contributed by atoms with Crippen molar-refractivity contribution in [3.8, 4) is 0 Å². The van der Waals surface area contributed by atoms with Crippen molar-refractivity contribution in [2.75, 3.05) is 19.6 Å². The summed E-state index contributed by atoms with van der Waals surface area (Å²) in [5.74, 6) is -0.886. The molecule has 0 radical (unpaired) electrons. The average molecular weight is 394 g/mol. The van der Waals surface area contributed by atoms with E-state index in [1.807, 2.05) is 16.7 Å². The second-order valence-corrected chi connectivity index (χ2v) is 8.28. The zero-order chi connectivity index (χ0) is 19.4. The van der Waals surface area contributed by atoms with Gasteiger partial charge in [0, 0.05) is 42.9 Å². The monoisotopic (exact) mass is 393 g/mol. The van der Waals surface area contributed by atoms with E-state index in [9.17, 15) is 14.4 Å². The van der Waals surface area contributed by atoms with Crippen LogP contribution in [-0.4, -0.2) is 64.4 Å². The minimum atomic E-state index is -0.824. The van der Waals surface area contributed by atoms with Gasteiger partial charge in [-0.1, -0.05) is 6.92 Å². The van der Waals surface area contributed by atoms with Crippen LogP contribution in [0, 0.1) is 0 Å². The molecule has 1 aromatic rings. The van der Waals surface area contributed by atoms with Crippen molar-refractivity contribution in [3.63, 3.8) is 0 Å². The molecular formula is C19H27N3O4S. The number of nitrogens with zero attached hydrogens (tertiary/aromatic N) is 2. The highest BCUT2D eigenvalue weighted by atomic mass is 32.1. The maximum atomic E-state index is 12.4. The van der Waals surface area contributed by atoms with E-state index < -0.39 is 5.97 Å². The number of rotatable bonds is 8. The second kappa shape index (κ2) is 8.84. The molecule has 2 heterocycles. The Labute approximate surface area is 163 Å². The lowest BCUT2D eigenvalue weighted by atomic mass is 9.85. The first-order chi connectivity index (χ1) is 13.0. The standard InChI is InChI=1S/C19H27N3O4S/c1-2-21(12-19(25)26)15-9-14(10-15)20-17(23)3-4-18(24)22-7-5-16-13(11-22)6-8-27-16/h6,8,14-15H,2-5,7,9-12H2,1H3,(H,20,23)(H,25,26). The van der Waals surface area contributed by atoms with Crippen LogP contribution in [0.25, 0.3) is 0 Å². The third-order valence-corrected chi connectivity index (χ3v) is 6.49. The van der Waals surface area contributed by atoms with Gasteiger partial charge in [0.25, 0.3) is 0 Å². The molecule has 0 saturated heterocycles. The van der Waals surface area contributed by atoms with Crippen molar-refractivity contribution in [2.24, 2.45) is 0 Å². The number of hydrogen-bond acceptors (Lipinski definition) is 5. The molecule has 8 heteroatoms. The first kappa shape index (κ1) is 19.8. The number of hydrogen-bond donors (Lipinski definition) is 2. The minimum absolute atomic E-state index is 0.0344. The number of aliphatic carboxylic acids is 1. The fourth-order valence-electron chi connectivity index (χ4n) is 3.82. The predicted molar refractivity (Wildman–Crippen MR) is 103 cm³/mol. The third kappa shape index (κ3) is 5.07. The van der Waals surface area contributed by atoms with E-state index >= 15 is 0 Å². The number of carbonyl (C=O) groups excluding carboxylic acids is 2. The van der Waals surface area contributed by atoms with Gasteiger partial charge in [0.2, 0.25) is 11.8 Å². The van der Waals surface area contributed by atoms with Gasteiger partial charge < -0.3 is 15.3 Å².